The van der Waals surface area contributed by atoms with Gasteiger partial charge in [-0.15, -0.1) is 0 Å². The first-order valence-corrected chi connectivity index (χ1v) is 9.65. The fourth-order valence-electron chi connectivity index (χ4n) is 2.41. The van der Waals surface area contributed by atoms with Gasteiger partial charge in [-0.05, 0) is 48.5 Å². The lowest BCUT2D eigenvalue weighted by Gasteiger charge is -2.10. The maximum absolute atomic E-state index is 12.4. The maximum Gasteiger partial charge on any atom is 0.339 e. The SMILES string of the molecule is N#Cc1cccc(C#N)c1Oc1ccc(S(=O)(=O)Oc2ccc([N+](=O)[O-])cc2)cc1. The second-order valence-electron chi connectivity index (χ2n) is 5.77. The van der Waals surface area contributed by atoms with Gasteiger partial charge in [0.05, 0.1) is 16.1 Å². The van der Waals surface area contributed by atoms with Crippen molar-refractivity contribution in [2.24, 2.45) is 0 Å². The first-order chi connectivity index (χ1) is 14.3. The van der Waals surface area contributed by atoms with Gasteiger partial charge in [0, 0.05) is 12.1 Å². The van der Waals surface area contributed by atoms with Crippen molar-refractivity contribution < 1.29 is 22.3 Å². The number of ether oxygens (including phenoxy) is 1. The highest BCUT2D eigenvalue weighted by atomic mass is 32.2. The van der Waals surface area contributed by atoms with Crippen LogP contribution in [-0.4, -0.2) is 13.3 Å². The molecule has 0 radical (unpaired) electrons. The number of rotatable bonds is 6. The molecule has 0 saturated carbocycles. The van der Waals surface area contributed by atoms with E-state index in [2.05, 4.69) is 0 Å². The summed E-state index contributed by atoms with van der Waals surface area (Å²) in [6.45, 7) is 0. The summed E-state index contributed by atoms with van der Waals surface area (Å²) in [6, 6.07) is 18.2. The quantitative estimate of drug-likeness (QED) is 0.331. The number of nitro groups is 1. The van der Waals surface area contributed by atoms with E-state index in [1.807, 2.05) is 12.1 Å². The number of nitro benzene ring substituents is 1. The zero-order valence-electron chi connectivity index (χ0n) is 15.1. The number of hydrogen-bond acceptors (Lipinski definition) is 8. The molecule has 30 heavy (non-hydrogen) atoms. The summed E-state index contributed by atoms with van der Waals surface area (Å²) in [5.41, 5.74) is 0.121. The molecule has 3 rings (SSSR count). The lowest BCUT2D eigenvalue weighted by molar-refractivity contribution is -0.384. The molecule has 3 aromatic rings. The summed E-state index contributed by atoms with van der Waals surface area (Å²) >= 11 is 0. The third-order valence-corrected chi connectivity index (χ3v) is 5.10. The Morgan fingerprint density at radius 1 is 0.833 bits per heavy atom. The number of nitriles is 2. The van der Waals surface area contributed by atoms with Crippen LogP contribution in [0.25, 0.3) is 0 Å². The van der Waals surface area contributed by atoms with E-state index in [0.29, 0.717) is 0 Å². The average Bonchev–Trinajstić information content (AvgIpc) is 2.74. The van der Waals surface area contributed by atoms with E-state index in [9.17, 15) is 29.1 Å². The lowest BCUT2D eigenvalue weighted by Crippen LogP contribution is -2.09. The zero-order valence-corrected chi connectivity index (χ0v) is 15.9. The topological polar surface area (TPSA) is 143 Å². The Bertz CT molecular complexity index is 1260. The van der Waals surface area contributed by atoms with Crippen LogP contribution in [0.5, 0.6) is 17.2 Å². The van der Waals surface area contributed by atoms with Crippen LogP contribution in [0.1, 0.15) is 11.1 Å². The normalized spacial score (nSPS) is 10.5. The first-order valence-electron chi connectivity index (χ1n) is 8.24. The van der Waals surface area contributed by atoms with E-state index in [-0.39, 0.29) is 39.0 Å². The number of nitrogens with zero attached hydrogens (tertiary/aromatic N) is 3. The van der Waals surface area contributed by atoms with Crippen LogP contribution in [0.15, 0.2) is 71.6 Å². The van der Waals surface area contributed by atoms with Gasteiger partial charge < -0.3 is 8.92 Å². The molecular formula is C20H11N3O6S. The highest BCUT2D eigenvalue weighted by molar-refractivity contribution is 7.87. The fraction of sp³-hybridized carbons (Fsp3) is 0. The predicted octanol–water partition coefficient (Wildman–Crippen LogP) is 3.90. The van der Waals surface area contributed by atoms with E-state index in [0.717, 1.165) is 12.1 Å². The Kier molecular flexibility index (Phi) is 5.63. The minimum Gasteiger partial charge on any atom is -0.455 e. The Balaban J connectivity index is 1.81. The molecule has 0 amide bonds. The van der Waals surface area contributed by atoms with Gasteiger partial charge in [0.1, 0.15) is 28.5 Å². The summed E-state index contributed by atoms with van der Waals surface area (Å²) < 4.78 is 35.4. The Hall–Kier alpha value is -4.41. The van der Waals surface area contributed by atoms with Crippen LogP contribution in [0.4, 0.5) is 5.69 Å². The van der Waals surface area contributed by atoms with Crippen molar-refractivity contribution in [3.63, 3.8) is 0 Å². The summed E-state index contributed by atoms with van der Waals surface area (Å²) in [7, 11) is -4.19. The molecule has 148 valence electrons. The van der Waals surface area contributed by atoms with Crippen LogP contribution in [0, 0.1) is 32.8 Å². The van der Waals surface area contributed by atoms with E-state index < -0.39 is 15.0 Å². The molecule has 0 N–H and O–H groups in total. The molecule has 0 spiro atoms. The van der Waals surface area contributed by atoms with Crippen molar-refractivity contribution >= 4 is 15.8 Å². The van der Waals surface area contributed by atoms with E-state index in [1.165, 1.54) is 48.5 Å². The van der Waals surface area contributed by atoms with Gasteiger partial charge in [0.15, 0.2) is 5.75 Å². The Morgan fingerprint density at radius 3 is 1.87 bits per heavy atom. The fourth-order valence-corrected chi connectivity index (χ4v) is 3.34. The van der Waals surface area contributed by atoms with Gasteiger partial charge in [-0.2, -0.15) is 18.9 Å². The molecule has 0 aliphatic carbocycles. The minimum atomic E-state index is -4.19. The lowest BCUT2D eigenvalue weighted by atomic mass is 10.1. The van der Waals surface area contributed by atoms with Crippen molar-refractivity contribution in [1.29, 1.82) is 10.5 Å². The van der Waals surface area contributed by atoms with Crippen molar-refractivity contribution in [2.45, 2.75) is 4.90 Å². The second-order valence-corrected chi connectivity index (χ2v) is 7.31. The number of non-ortho nitro benzene ring substituents is 1. The Labute approximate surface area is 171 Å². The van der Waals surface area contributed by atoms with Crippen LogP contribution in [-0.2, 0) is 10.1 Å². The van der Waals surface area contributed by atoms with Crippen molar-refractivity contribution in [1.82, 2.24) is 0 Å². The molecule has 9 nitrogen and oxygen atoms in total. The van der Waals surface area contributed by atoms with E-state index in [4.69, 9.17) is 8.92 Å². The van der Waals surface area contributed by atoms with Crippen molar-refractivity contribution in [3.05, 3.63) is 88.0 Å². The van der Waals surface area contributed by atoms with Crippen LogP contribution < -0.4 is 8.92 Å². The van der Waals surface area contributed by atoms with Crippen molar-refractivity contribution in [2.75, 3.05) is 0 Å². The number of hydrogen-bond donors (Lipinski definition) is 0. The Morgan fingerprint density at radius 2 is 1.37 bits per heavy atom. The molecule has 0 atom stereocenters. The highest BCUT2D eigenvalue weighted by Crippen LogP contribution is 2.30. The molecule has 0 fully saturated rings. The molecule has 0 saturated heterocycles. The van der Waals surface area contributed by atoms with Gasteiger partial charge in [0.2, 0.25) is 0 Å². The summed E-state index contributed by atoms with van der Waals surface area (Å²) in [6.07, 6.45) is 0. The van der Waals surface area contributed by atoms with Gasteiger partial charge in [-0.1, -0.05) is 6.07 Å². The van der Waals surface area contributed by atoms with Crippen LogP contribution >= 0.6 is 0 Å². The van der Waals surface area contributed by atoms with Gasteiger partial charge in [-0.25, -0.2) is 0 Å². The number of para-hydroxylation sites is 1. The molecule has 0 aliphatic rings. The number of benzene rings is 3. The maximum atomic E-state index is 12.4. The minimum absolute atomic E-state index is 0.0697. The zero-order chi connectivity index (χ0) is 21.7. The second kappa shape index (κ2) is 8.31. The predicted molar refractivity (Wildman–Crippen MR) is 103 cm³/mol. The molecule has 10 heteroatoms. The van der Waals surface area contributed by atoms with Gasteiger partial charge >= 0.3 is 10.1 Å². The molecular weight excluding hydrogens is 410 g/mol. The average molecular weight is 421 g/mol. The molecule has 3 aromatic carbocycles. The molecule has 0 bridgehead atoms. The first kappa shape index (κ1) is 20.3. The summed E-state index contributed by atoms with van der Waals surface area (Å²) in [5, 5.41) is 29.0. The molecule has 0 aromatic heterocycles. The van der Waals surface area contributed by atoms with E-state index >= 15 is 0 Å². The van der Waals surface area contributed by atoms with Crippen molar-refractivity contribution in [3.8, 4) is 29.4 Å². The van der Waals surface area contributed by atoms with E-state index in [1.54, 1.807) is 6.07 Å². The standard InChI is InChI=1S/C20H11N3O6S/c21-12-14-2-1-3-15(13-22)20(14)28-17-8-10-19(11-9-17)30(26,27)29-18-6-4-16(5-7-18)23(24)25/h1-11H. The monoisotopic (exact) mass is 421 g/mol. The molecule has 0 unspecified atom stereocenters. The molecule has 0 aliphatic heterocycles. The van der Waals surface area contributed by atoms with Crippen LogP contribution in [0.2, 0.25) is 0 Å². The molecule has 0 heterocycles. The smallest absolute Gasteiger partial charge is 0.339 e. The highest BCUT2D eigenvalue weighted by Gasteiger charge is 2.18. The van der Waals surface area contributed by atoms with Gasteiger partial charge in [0.25, 0.3) is 5.69 Å². The third-order valence-electron chi connectivity index (χ3n) is 3.84. The van der Waals surface area contributed by atoms with Gasteiger partial charge in [-0.3, -0.25) is 10.1 Å². The summed E-state index contributed by atoms with van der Waals surface area (Å²) in [5.74, 6) is 0.200. The largest absolute Gasteiger partial charge is 0.455 e. The van der Waals surface area contributed by atoms with Crippen LogP contribution in [0.3, 0.4) is 0 Å². The summed E-state index contributed by atoms with van der Waals surface area (Å²) in [4.78, 5) is 9.87. The third kappa shape index (κ3) is 4.35.